The fourth-order valence-electron chi connectivity index (χ4n) is 3.56. The summed E-state index contributed by atoms with van der Waals surface area (Å²) in [5, 5.41) is 5.32. The van der Waals surface area contributed by atoms with Crippen molar-refractivity contribution in [3.05, 3.63) is 60.8 Å². The number of halogens is 3. The van der Waals surface area contributed by atoms with E-state index in [9.17, 15) is 22.8 Å². The summed E-state index contributed by atoms with van der Waals surface area (Å²) in [6.07, 6.45) is 7.28. The van der Waals surface area contributed by atoms with Gasteiger partial charge in [0, 0.05) is 17.9 Å². The largest absolute Gasteiger partial charge is 0.470 e. The second-order valence-electron chi connectivity index (χ2n) is 9.17. The summed E-state index contributed by atoms with van der Waals surface area (Å²) in [5.74, 6) is -4.82. The van der Waals surface area contributed by atoms with E-state index in [0.717, 1.165) is 18.9 Å². The van der Waals surface area contributed by atoms with Crippen LogP contribution in [0.5, 0.6) is 5.88 Å². The van der Waals surface area contributed by atoms with Gasteiger partial charge in [-0.25, -0.2) is 23.1 Å². The number of hydrogen-bond acceptors (Lipinski definition) is 6. The van der Waals surface area contributed by atoms with Gasteiger partial charge in [0.1, 0.15) is 11.7 Å². The number of nitrogens with one attached hydrogen (secondary N) is 2. The van der Waals surface area contributed by atoms with Gasteiger partial charge >= 0.3 is 0 Å². The molecule has 1 aromatic heterocycles. The molecular formula is C28H32F3N5O3. The summed E-state index contributed by atoms with van der Waals surface area (Å²) in [7, 11) is 0. The second kappa shape index (κ2) is 13.2. The van der Waals surface area contributed by atoms with Crippen molar-refractivity contribution in [2.45, 2.75) is 52.4 Å². The van der Waals surface area contributed by atoms with Crippen LogP contribution in [0.3, 0.4) is 0 Å². The number of carbonyl (C=O) groups is 2. The number of aromatic nitrogens is 2. The van der Waals surface area contributed by atoms with E-state index in [1.165, 1.54) is 37.5 Å². The molecule has 1 saturated carbocycles. The Morgan fingerprint density at radius 3 is 2.64 bits per heavy atom. The van der Waals surface area contributed by atoms with Crippen LogP contribution in [0.15, 0.2) is 60.0 Å². The first kappa shape index (κ1) is 29.5. The SMILES string of the molecule is C=C/C=C(\N=C(C)NC(=O)C1CC1)C(CC)C(=O)Nc1ccc(-c2cncc(OCC(F)(F)CC)n2)cc1F. The number of ether oxygens (including phenoxy) is 1. The first-order chi connectivity index (χ1) is 18.6. The number of carbonyl (C=O) groups excluding carboxylic acids is 2. The number of anilines is 1. The molecule has 1 atom stereocenters. The van der Waals surface area contributed by atoms with Crippen LogP contribution in [0.2, 0.25) is 0 Å². The number of rotatable bonds is 12. The fraction of sp³-hybridized carbons (Fsp3) is 0.393. The zero-order valence-corrected chi connectivity index (χ0v) is 22.1. The number of benzene rings is 1. The van der Waals surface area contributed by atoms with Crippen LogP contribution in [-0.4, -0.2) is 40.1 Å². The molecule has 2 aromatic rings. The predicted molar refractivity (Wildman–Crippen MR) is 143 cm³/mol. The van der Waals surface area contributed by atoms with Crippen molar-refractivity contribution >= 4 is 23.3 Å². The van der Waals surface area contributed by atoms with Crippen molar-refractivity contribution < 1.29 is 27.5 Å². The summed E-state index contributed by atoms with van der Waals surface area (Å²) in [6.45, 7) is 7.60. The van der Waals surface area contributed by atoms with Crippen LogP contribution in [0.4, 0.5) is 18.9 Å². The Hall–Kier alpha value is -4.02. The lowest BCUT2D eigenvalue weighted by Gasteiger charge is -2.17. The van der Waals surface area contributed by atoms with Gasteiger partial charge in [-0.05, 0) is 44.4 Å². The molecule has 0 radical (unpaired) electrons. The number of alkyl halides is 2. The first-order valence-electron chi connectivity index (χ1n) is 12.7. The smallest absolute Gasteiger partial charge is 0.281 e. The van der Waals surface area contributed by atoms with Crippen molar-refractivity contribution in [3.8, 4) is 17.1 Å². The van der Waals surface area contributed by atoms with E-state index in [2.05, 4.69) is 32.2 Å². The van der Waals surface area contributed by atoms with Gasteiger partial charge in [0.05, 0.1) is 35.4 Å². The van der Waals surface area contributed by atoms with Gasteiger partial charge in [-0.2, -0.15) is 0 Å². The first-order valence-corrected chi connectivity index (χ1v) is 12.7. The molecule has 1 aliphatic rings. The Bertz CT molecular complexity index is 1270. The average molecular weight is 544 g/mol. The summed E-state index contributed by atoms with van der Waals surface area (Å²) in [6, 6.07) is 4.04. The summed E-state index contributed by atoms with van der Waals surface area (Å²) >= 11 is 0. The molecule has 1 aliphatic carbocycles. The number of hydrogen-bond donors (Lipinski definition) is 2. The highest BCUT2D eigenvalue weighted by Crippen LogP contribution is 2.29. The summed E-state index contributed by atoms with van der Waals surface area (Å²) in [4.78, 5) is 37.6. The topological polar surface area (TPSA) is 106 Å². The predicted octanol–water partition coefficient (Wildman–Crippen LogP) is 5.69. The Labute approximate surface area is 225 Å². The lowest BCUT2D eigenvalue weighted by Crippen LogP contribution is -2.31. The van der Waals surface area contributed by atoms with Gasteiger partial charge < -0.3 is 15.4 Å². The van der Waals surface area contributed by atoms with E-state index in [1.807, 2.05) is 0 Å². The summed E-state index contributed by atoms with van der Waals surface area (Å²) in [5.41, 5.74) is 0.837. The molecular weight excluding hydrogens is 511 g/mol. The van der Waals surface area contributed by atoms with E-state index >= 15 is 0 Å². The minimum atomic E-state index is -3.00. The molecule has 2 amide bonds. The average Bonchev–Trinajstić information content (AvgIpc) is 3.75. The monoisotopic (exact) mass is 543 g/mol. The third-order valence-corrected chi connectivity index (χ3v) is 6.00. The molecule has 1 aromatic carbocycles. The van der Waals surface area contributed by atoms with Crippen molar-refractivity contribution in [1.82, 2.24) is 15.3 Å². The second-order valence-corrected chi connectivity index (χ2v) is 9.17. The molecule has 39 heavy (non-hydrogen) atoms. The molecule has 3 rings (SSSR count). The number of allylic oxidation sites excluding steroid dienone is 2. The van der Waals surface area contributed by atoms with Crippen LogP contribution in [0.25, 0.3) is 11.3 Å². The highest BCUT2D eigenvalue weighted by atomic mass is 19.3. The number of nitrogens with zero attached hydrogens (tertiary/aromatic N) is 3. The van der Waals surface area contributed by atoms with Crippen molar-refractivity contribution in [2.24, 2.45) is 16.8 Å². The molecule has 1 unspecified atom stereocenters. The quantitative estimate of drug-likeness (QED) is 0.203. The molecule has 1 fully saturated rings. The zero-order valence-electron chi connectivity index (χ0n) is 22.1. The lowest BCUT2D eigenvalue weighted by atomic mass is 10.0. The van der Waals surface area contributed by atoms with Crippen LogP contribution in [0, 0.1) is 17.7 Å². The maximum absolute atomic E-state index is 15.0. The van der Waals surface area contributed by atoms with Crippen LogP contribution in [0.1, 0.15) is 46.5 Å². The number of aliphatic imine (C=N–C) groups is 1. The van der Waals surface area contributed by atoms with E-state index in [0.29, 0.717) is 23.5 Å². The van der Waals surface area contributed by atoms with Gasteiger partial charge in [0.25, 0.3) is 5.92 Å². The highest BCUT2D eigenvalue weighted by Gasteiger charge is 2.30. The molecule has 0 spiro atoms. The normalized spacial score (nSPS) is 14.9. The molecule has 11 heteroatoms. The Kier molecular flexibility index (Phi) is 9.97. The van der Waals surface area contributed by atoms with Gasteiger partial charge in [0.2, 0.25) is 17.7 Å². The maximum Gasteiger partial charge on any atom is 0.281 e. The van der Waals surface area contributed by atoms with Crippen molar-refractivity contribution in [1.29, 1.82) is 0 Å². The molecule has 0 aliphatic heterocycles. The highest BCUT2D eigenvalue weighted by molar-refractivity contribution is 6.00. The van der Waals surface area contributed by atoms with E-state index in [1.54, 1.807) is 19.9 Å². The molecule has 0 saturated heterocycles. The number of amidine groups is 1. The van der Waals surface area contributed by atoms with Gasteiger partial charge in [0.15, 0.2) is 6.61 Å². The van der Waals surface area contributed by atoms with Crippen molar-refractivity contribution in [3.63, 3.8) is 0 Å². The van der Waals surface area contributed by atoms with Crippen LogP contribution >= 0.6 is 0 Å². The minimum absolute atomic E-state index is 0.00462. The van der Waals surface area contributed by atoms with Crippen LogP contribution < -0.4 is 15.4 Å². The van der Waals surface area contributed by atoms with E-state index in [-0.39, 0.29) is 35.5 Å². The van der Waals surface area contributed by atoms with Gasteiger partial charge in [-0.3, -0.25) is 14.6 Å². The Morgan fingerprint density at radius 2 is 2.03 bits per heavy atom. The number of amides is 2. The standard InChI is InChI=1S/C28H32F3N5O3/c1-5-8-22(33-17(4)34-26(37)18-9-10-18)20(6-2)27(38)36-23-12-11-19(13-21(23)29)24-14-32-15-25(35-24)39-16-28(30,31)7-3/h5,8,11-15,18,20H,1,6-7,9-10,16H2,2-4H3,(H,36,38)(H,33,34,37)/b22-8-. The summed E-state index contributed by atoms with van der Waals surface area (Å²) < 4.78 is 47.0. The third-order valence-electron chi connectivity index (χ3n) is 6.00. The molecule has 1 heterocycles. The van der Waals surface area contributed by atoms with Crippen molar-refractivity contribution in [2.75, 3.05) is 11.9 Å². The Morgan fingerprint density at radius 1 is 1.28 bits per heavy atom. The van der Waals surface area contributed by atoms with E-state index in [4.69, 9.17) is 4.74 Å². The van der Waals surface area contributed by atoms with Gasteiger partial charge in [-0.1, -0.05) is 32.6 Å². The maximum atomic E-state index is 15.0. The zero-order chi connectivity index (χ0) is 28.6. The third kappa shape index (κ3) is 8.49. The fourth-order valence-corrected chi connectivity index (χ4v) is 3.56. The molecule has 208 valence electrons. The Balaban J connectivity index is 1.73. The molecule has 2 N–H and O–H groups in total. The van der Waals surface area contributed by atoms with E-state index < -0.39 is 30.2 Å². The molecule has 0 bridgehead atoms. The molecule has 8 nitrogen and oxygen atoms in total. The van der Waals surface area contributed by atoms with Gasteiger partial charge in [-0.15, -0.1) is 0 Å². The minimum Gasteiger partial charge on any atom is -0.470 e. The van der Waals surface area contributed by atoms with Crippen LogP contribution in [-0.2, 0) is 9.59 Å². The lowest BCUT2D eigenvalue weighted by molar-refractivity contribution is -0.121.